The van der Waals surface area contributed by atoms with E-state index < -0.39 is 9.84 Å². The second-order valence-electron chi connectivity index (χ2n) is 4.26. The fourth-order valence-electron chi connectivity index (χ4n) is 1.63. The Hall–Kier alpha value is -2.09. The van der Waals surface area contributed by atoms with Crippen molar-refractivity contribution >= 4 is 21.2 Å². The Kier molecular flexibility index (Phi) is 3.43. The zero-order valence-electron chi connectivity index (χ0n) is 10.6. The summed E-state index contributed by atoms with van der Waals surface area (Å²) in [7, 11) is -3.25. The van der Waals surface area contributed by atoms with Crippen molar-refractivity contribution in [3.8, 4) is 0 Å². The summed E-state index contributed by atoms with van der Waals surface area (Å²) in [4.78, 5) is 4.23. The van der Waals surface area contributed by atoms with Gasteiger partial charge in [-0.05, 0) is 25.1 Å². The van der Waals surface area contributed by atoms with Crippen LogP contribution in [0.15, 0.2) is 29.4 Å². The number of rotatable bonds is 4. The number of aromatic amines is 1. The van der Waals surface area contributed by atoms with Crippen LogP contribution in [0.1, 0.15) is 18.8 Å². The maximum atomic E-state index is 11.4. The average molecular weight is 281 g/mol. The summed E-state index contributed by atoms with van der Waals surface area (Å²) in [5.74, 6) is 0.673. The highest BCUT2D eigenvalue weighted by Crippen LogP contribution is 2.25. The molecule has 7 nitrogen and oxygen atoms in total. The third-order valence-corrected chi connectivity index (χ3v) is 3.78. The molecule has 1 aromatic heterocycles. The molecular formula is C11H15N5O2S. The van der Waals surface area contributed by atoms with Gasteiger partial charge in [-0.2, -0.15) is 5.10 Å². The van der Waals surface area contributed by atoms with Gasteiger partial charge in [-0.25, -0.2) is 13.4 Å². The molecule has 19 heavy (non-hydrogen) atoms. The fraction of sp³-hybridized carbons (Fsp3) is 0.273. The van der Waals surface area contributed by atoms with Gasteiger partial charge >= 0.3 is 0 Å². The number of nitrogens with zero attached hydrogens (tertiary/aromatic N) is 2. The minimum atomic E-state index is -3.25. The van der Waals surface area contributed by atoms with E-state index in [1.165, 1.54) is 18.5 Å². The lowest BCUT2D eigenvalue weighted by Crippen LogP contribution is -2.10. The molecule has 1 aromatic carbocycles. The van der Waals surface area contributed by atoms with Crippen LogP contribution in [0.3, 0.4) is 0 Å². The summed E-state index contributed by atoms with van der Waals surface area (Å²) >= 11 is 0. The summed E-state index contributed by atoms with van der Waals surface area (Å²) in [6.45, 7) is 1.89. The molecule has 0 aliphatic carbocycles. The first-order valence-electron chi connectivity index (χ1n) is 5.59. The van der Waals surface area contributed by atoms with E-state index in [2.05, 4.69) is 20.5 Å². The van der Waals surface area contributed by atoms with Gasteiger partial charge in [-0.15, -0.1) is 0 Å². The van der Waals surface area contributed by atoms with Crippen molar-refractivity contribution in [2.75, 3.05) is 17.3 Å². The molecule has 102 valence electrons. The number of nitrogen functional groups attached to an aromatic ring is 1. The Morgan fingerprint density at radius 3 is 2.68 bits per heavy atom. The zero-order valence-corrected chi connectivity index (χ0v) is 11.4. The predicted octanol–water partition coefficient (Wildman–Crippen LogP) is 0.964. The third-order valence-electron chi connectivity index (χ3n) is 2.67. The van der Waals surface area contributed by atoms with E-state index >= 15 is 0 Å². The number of anilines is 2. The Labute approximate surface area is 111 Å². The number of hydrogen-bond donors (Lipinski definition) is 3. The Balaban J connectivity index is 2.23. The Bertz CT molecular complexity index is 666. The highest BCUT2D eigenvalue weighted by Gasteiger charge is 2.12. The lowest BCUT2D eigenvalue weighted by atomic mass is 10.2. The number of sulfone groups is 1. The van der Waals surface area contributed by atoms with Crippen LogP contribution in [0.25, 0.3) is 0 Å². The van der Waals surface area contributed by atoms with Crippen molar-refractivity contribution in [2.45, 2.75) is 17.9 Å². The SMILES string of the molecule is CC(Nc1ccc(S(C)(=O)=O)cc1N)c1ncn[nH]1. The Morgan fingerprint density at radius 2 is 2.16 bits per heavy atom. The van der Waals surface area contributed by atoms with Gasteiger partial charge in [0.1, 0.15) is 12.2 Å². The van der Waals surface area contributed by atoms with E-state index in [1.54, 1.807) is 6.07 Å². The summed E-state index contributed by atoms with van der Waals surface area (Å²) in [5.41, 5.74) is 6.87. The van der Waals surface area contributed by atoms with Gasteiger partial charge in [0, 0.05) is 6.26 Å². The highest BCUT2D eigenvalue weighted by atomic mass is 32.2. The normalized spacial score (nSPS) is 13.2. The van der Waals surface area contributed by atoms with E-state index in [0.29, 0.717) is 17.2 Å². The largest absolute Gasteiger partial charge is 0.397 e. The standard InChI is InChI=1S/C11H15N5O2S/c1-7(11-13-6-14-16-11)15-10-4-3-8(5-9(10)12)19(2,17)18/h3-7,15H,12H2,1-2H3,(H,13,14,16). The first kappa shape index (κ1) is 13.3. The maximum Gasteiger partial charge on any atom is 0.175 e. The molecule has 0 aliphatic heterocycles. The summed E-state index contributed by atoms with van der Waals surface area (Å²) in [5, 5.41) is 9.66. The monoisotopic (exact) mass is 281 g/mol. The number of aromatic nitrogens is 3. The summed E-state index contributed by atoms with van der Waals surface area (Å²) in [6.07, 6.45) is 2.57. The Morgan fingerprint density at radius 1 is 1.42 bits per heavy atom. The first-order chi connectivity index (χ1) is 8.88. The number of nitrogens with two attached hydrogens (primary N) is 1. The lowest BCUT2D eigenvalue weighted by molar-refractivity contribution is 0.602. The molecule has 8 heteroatoms. The van der Waals surface area contributed by atoms with Crippen molar-refractivity contribution in [3.05, 3.63) is 30.4 Å². The number of benzene rings is 1. The zero-order chi connectivity index (χ0) is 14.0. The molecule has 0 bridgehead atoms. The molecule has 2 rings (SSSR count). The molecule has 0 radical (unpaired) electrons. The molecule has 1 atom stereocenters. The maximum absolute atomic E-state index is 11.4. The van der Waals surface area contributed by atoms with Crippen molar-refractivity contribution in [3.63, 3.8) is 0 Å². The molecule has 0 saturated carbocycles. The number of hydrogen-bond acceptors (Lipinski definition) is 6. The second kappa shape index (κ2) is 4.88. The van der Waals surface area contributed by atoms with Crippen LogP contribution in [0.4, 0.5) is 11.4 Å². The quantitative estimate of drug-likeness (QED) is 0.719. The summed E-state index contributed by atoms with van der Waals surface area (Å²) < 4.78 is 22.8. The van der Waals surface area contributed by atoms with Crippen molar-refractivity contribution < 1.29 is 8.42 Å². The van der Waals surface area contributed by atoms with Gasteiger partial charge < -0.3 is 11.1 Å². The van der Waals surface area contributed by atoms with Crippen LogP contribution in [0.5, 0.6) is 0 Å². The number of H-pyrrole nitrogens is 1. The molecule has 1 unspecified atom stereocenters. The van der Waals surface area contributed by atoms with Crippen molar-refractivity contribution in [1.82, 2.24) is 15.2 Å². The van der Waals surface area contributed by atoms with E-state index in [-0.39, 0.29) is 10.9 Å². The molecular weight excluding hydrogens is 266 g/mol. The van der Waals surface area contributed by atoms with Crippen LogP contribution in [-0.2, 0) is 9.84 Å². The molecule has 0 spiro atoms. The second-order valence-corrected chi connectivity index (χ2v) is 6.27. The van der Waals surface area contributed by atoms with Gasteiger partial charge in [-0.3, -0.25) is 5.10 Å². The molecule has 0 amide bonds. The van der Waals surface area contributed by atoms with Crippen LogP contribution in [-0.4, -0.2) is 29.9 Å². The molecule has 0 fully saturated rings. The number of nitrogens with one attached hydrogen (secondary N) is 2. The minimum absolute atomic E-state index is 0.117. The van der Waals surface area contributed by atoms with Crippen molar-refractivity contribution in [1.29, 1.82) is 0 Å². The van der Waals surface area contributed by atoms with Gasteiger partial charge in [-0.1, -0.05) is 0 Å². The third kappa shape index (κ3) is 3.02. The molecule has 2 aromatic rings. The van der Waals surface area contributed by atoms with E-state index in [1.807, 2.05) is 6.92 Å². The minimum Gasteiger partial charge on any atom is -0.397 e. The van der Waals surface area contributed by atoms with Gasteiger partial charge in [0.05, 0.1) is 22.3 Å². The predicted molar refractivity (Wildman–Crippen MR) is 72.4 cm³/mol. The first-order valence-corrected chi connectivity index (χ1v) is 7.48. The summed E-state index contributed by atoms with van der Waals surface area (Å²) in [6, 6.07) is 4.47. The molecule has 0 aliphatic rings. The van der Waals surface area contributed by atoms with E-state index in [9.17, 15) is 8.42 Å². The fourth-order valence-corrected chi connectivity index (χ4v) is 2.28. The van der Waals surface area contributed by atoms with Crippen molar-refractivity contribution in [2.24, 2.45) is 0 Å². The van der Waals surface area contributed by atoms with Gasteiger partial charge in [0.2, 0.25) is 0 Å². The smallest absolute Gasteiger partial charge is 0.175 e. The molecule has 4 N–H and O–H groups in total. The van der Waals surface area contributed by atoms with Crippen LogP contribution in [0.2, 0.25) is 0 Å². The highest BCUT2D eigenvalue weighted by molar-refractivity contribution is 7.90. The van der Waals surface area contributed by atoms with Crippen LogP contribution in [0, 0.1) is 0 Å². The van der Waals surface area contributed by atoms with Crippen LogP contribution >= 0.6 is 0 Å². The lowest BCUT2D eigenvalue weighted by Gasteiger charge is -2.15. The van der Waals surface area contributed by atoms with Gasteiger partial charge in [0.25, 0.3) is 0 Å². The van der Waals surface area contributed by atoms with Crippen LogP contribution < -0.4 is 11.1 Å². The molecule has 0 saturated heterocycles. The van der Waals surface area contributed by atoms with E-state index in [4.69, 9.17) is 5.73 Å². The topological polar surface area (TPSA) is 114 Å². The average Bonchev–Trinajstić information content (AvgIpc) is 2.84. The van der Waals surface area contributed by atoms with Gasteiger partial charge in [0.15, 0.2) is 9.84 Å². The molecule has 1 heterocycles. The van der Waals surface area contributed by atoms with E-state index in [0.717, 1.165) is 6.26 Å².